The lowest BCUT2D eigenvalue weighted by atomic mass is 10.3. The molecule has 0 unspecified atom stereocenters. The molecule has 98 valence electrons. The summed E-state index contributed by atoms with van der Waals surface area (Å²) in [7, 11) is -1.37. The maximum absolute atomic E-state index is 11.6. The molecule has 17 heavy (non-hydrogen) atoms. The van der Waals surface area contributed by atoms with Crippen molar-refractivity contribution in [2.24, 2.45) is 0 Å². The van der Waals surface area contributed by atoms with Gasteiger partial charge in [0, 0.05) is 6.07 Å². The summed E-state index contributed by atoms with van der Waals surface area (Å²) in [6.45, 7) is 2.78. The van der Waals surface area contributed by atoms with Crippen LogP contribution in [0.25, 0.3) is 0 Å². The largest absolute Gasteiger partial charge is 0.360 e. The van der Waals surface area contributed by atoms with Crippen LogP contribution in [0, 0.1) is 6.92 Å². The third-order valence-electron chi connectivity index (χ3n) is 2.23. The molecule has 0 aliphatic carbocycles. The molecule has 0 spiro atoms. The maximum atomic E-state index is 11.6. The SMILES string of the molecule is CNCCCCS(=O)(=O)NCc1cc(C)no1. The summed E-state index contributed by atoms with van der Waals surface area (Å²) in [5.41, 5.74) is 0.744. The van der Waals surface area contributed by atoms with Gasteiger partial charge in [-0.3, -0.25) is 0 Å². The Hall–Kier alpha value is -0.920. The maximum Gasteiger partial charge on any atom is 0.212 e. The van der Waals surface area contributed by atoms with Crippen molar-refractivity contribution in [1.82, 2.24) is 15.2 Å². The first-order chi connectivity index (χ1) is 8.03. The van der Waals surface area contributed by atoms with E-state index < -0.39 is 10.0 Å². The highest BCUT2D eigenvalue weighted by molar-refractivity contribution is 7.89. The van der Waals surface area contributed by atoms with Gasteiger partial charge in [0.15, 0.2) is 5.76 Å². The lowest BCUT2D eigenvalue weighted by Crippen LogP contribution is -2.26. The molecule has 0 fully saturated rings. The van der Waals surface area contributed by atoms with E-state index in [0.29, 0.717) is 12.2 Å². The smallest absolute Gasteiger partial charge is 0.212 e. The predicted octanol–water partition coefficient (Wildman–Crippen LogP) is 0.402. The standard InChI is InChI=1S/C10H19N3O3S/c1-9-7-10(16-13-9)8-12-17(14,15)6-4-3-5-11-2/h7,11-12H,3-6,8H2,1-2H3. The van der Waals surface area contributed by atoms with Gasteiger partial charge in [0.05, 0.1) is 18.0 Å². The number of nitrogens with zero attached hydrogens (tertiary/aromatic N) is 1. The van der Waals surface area contributed by atoms with Gasteiger partial charge in [-0.1, -0.05) is 5.16 Å². The number of hydrogen-bond donors (Lipinski definition) is 2. The Morgan fingerprint density at radius 2 is 2.18 bits per heavy atom. The summed E-state index contributed by atoms with van der Waals surface area (Å²) in [5, 5.41) is 6.66. The molecule has 0 aliphatic rings. The van der Waals surface area contributed by atoms with Crippen LogP contribution in [0.3, 0.4) is 0 Å². The van der Waals surface area contributed by atoms with Gasteiger partial charge in [0.2, 0.25) is 10.0 Å². The van der Waals surface area contributed by atoms with Gasteiger partial charge in [-0.25, -0.2) is 13.1 Å². The summed E-state index contributed by atoms with van der Waals surface area (Å²) < 4.78 is 30.6. The second-order valence-electron chi connectivity index (χ2n) is 3.89. The van der Waals surface area contributed by atoms with Gasteiger partial charge in [-0.05, 0) is 33.4 Å². The molecule has 2 N–H and O–H groups in total. The van der Waals surface area contributed by atoms with Crippen molar-refractivity contribution in [3.63, 3.8) is 0 Å². The number of unbranched alkanes of at least 4 members (excludes halogenated alkanes) is 1. The monoisotopic (exact) mass is 261 g/mol. The van der Waals surface area contributed by atoms with Crippen LogP contribution in [0.4, 0.5) is 0 Å². The minimum Gasteiger partial charge on any atom is -0.360 e. The number of hydrogen-bond acceptors (Lipinski definition) is 5. The molecule has 0 saturated carbocycles. The molecule has 6 nitrogen and oxygen atoms in total. The Morgan fingerprint density at radius 1 is 1.41 bits per heavy atom. The van der Waals surface area contributed by atoms with Gasteiger partial charge < -0.3 is 9.84 Å². The Balaban J connectivity index is 2.29. The minimum atomic E-state index is -3.22. The second-order valence-corrected chi connectivity index (χ2v) is 5.81. The number of rotatable bonds is 8. The lowest BCUT2D eigenvalue weighted by Gasteiger charge is -2.04. The van der Waals surface area contributed by atoms with E-state index in [9.17, 15) is 8.42 Å². The van der Waals surface area contributed by atoms with E-state index in [1.54, 1.807) is 13.0 Å². The van der Waals surface area contributed by atoms with E-state index in [1.165, 1.54) is 0 Å². The molecule has 0 radical (unpaired) electrons. The third kappa shape index (κ3) is 5.81. The molecular weight excluding hydrogens is 242 g/mol. The van der Waals surface area contributed by atoms with E-state index in [0.717, 1.165) is 18.7 Å². The molecule has 1 aromatic heterocycles. The fourth-order valence-corrected chi connectivity index (χ4v) is 2.44. The number of nitrogens with one attached hydrogen (secondary N) is 2. The molecule has 1 heterocycles. The summed E-state index contributed by atoms with van der Waals surface area (Å²) in [4.78, 5) is 0. The number of aromatic nitrogens is 1. The molecule has 7 heteroatoms. The van der Waals surface area contributed by atoms with E-state index in [-0.39, 0.29) is 12.3 Å². The van der Waals surface area contributed by atoms with Crippen molar-refractivity contribution in [2.75, 3.05) is 19.3 Å². The zero-order chi connectivity index (χ0) is 12.7. The summed E-state index contributed by atoms with van der Waals surface area (Å²) in [5.74, 6) is 0.670. The van der Waals surface area contributed by atoms with Crippen LogP contribution in [-0.2, 0) is 16.6 Å². The van der Waals surface area contributed by atoms with Crippen molar-refractivity contribution < 1.29 is 12.9 Å². The van der Waals surface area contributed by atoms with Crippen LogP contribution in [0.2, 0.25) is 0 Å². The fraction of sp³-hybridized carbons (Fsp3) is 0.700. The lowest BCUT2D eigenvalue weighted by molar-refractivity contribution is 0.377. The van der Waals surface area contributed by atoms with Gasteiger partial charge >= 0.3 is 0 Å². The zero-order valence-corrected chi connectivity index (χ0v) is 11.0. The first kappa shape index (κ1) is 14.1. The van der Waals surface area contributed by atoms with E-state index in [1.807, 2.05) is 7.05 Å². The van der Waals surface area contributed by atoms with Crippen LogP contribution in [0.5, 0.6) is 0 Å². The van der Waals surface area contributed by atoms with Crippen molar-refractivity contribution in [3.8, 4) is 0 Å². The highest BCUT2D eigenvalue weighted by atomic mass is 32.2. The molecule has 0 atom stereocenters. The van der Waals surface area contributed by atoms with Crippen molar-refractivity contribution in [2.45, 2.75) is 26.3 Å². The molecule has 0 amide bonds. The Bertz CT molecular complexity index is 428. The van der Waals surface area contributed by atoms with Crippen molar-refractivity contribution in [1.29, 1.82) is 0 Å². The van der Waals surface area contributed by atoms with Gasteiger partial charge in [-0.2, -0.15) is 0 Å². The van der Waals surface area contributed by atoms with Gasteiger partial charge in [0.1, 0.15) is 0 Å². The first-order valence-corrected chi connectivity index (χ1v) is 7.23. The summed E-state index contributed by atoms with van der Waals surface area (Å²) >= 11 is 0. The second kappa shape index (κ2) is 6.73. The first-order valence-electron chi connectivity index (χ1n) is 5.57. The fourth-order valence-electron chi connectivity index (χ4n) is 1.35. The molecule has 0 aliphatic heterocycles. The van der Waals surface area contributed by atoms with Gasteiger partial charge in [-0.15, -0.1) is 0 Å². The Kier molecular flexibility index (Phi) is 5.60. The average molecular weight is 261 g/mol. The molecule has 1 aromatic rings. The quantitative estimate of drug-likeness (QED) is 0.662. The van der Waals surface area contributed by atoms with E-state index >= 15 is 0 Å². The Morgan fingerprint density at radius 3 is 2.76 bits per heavy atom. The molecule has 1 rings (SSSR count). The summed E-state index contributed by atoms with van der Waals surface area (Å²) in [6, 6.07) is 1.71. The normalized spacial score (nSPS) is 11.9. The highest BCUT2D eigenvalue weighted by Gasteiger charge is 2.10. The number of sulfonamides is 1. The van der Waals surface area contributed by atoms with Crippen molar-refractivity contribution >= 4 is 10.0 Å². The van der Waals surface area contributed by atoms with Gasteiger partial charge in [0.25, 0.3) is 0 Å². The Labute approximate surface area is 102 Å². The summed E-state index contributed by atoms with van der Waals surface area (Å²) in [6.07, 6.45) is 1.49. The predicted molar refractivity (Wildman–Crippen MR) is 65.0 cm³/mol. The molecule has 0 saturated heterocycles. The molecule has 0 aromatic carbocycles. The van der Waals surface area contributed by atoms with Crippen molar-refractivity contribution in [3.05, 3.63) is 17.5 Å². The number of aryl methyl sites for hydroxylation is 1. The van der Waals surface area contributed by atoms with Crippen LogP contribution in [0.15, 0.2) is 10.6 Å². The third-order valence-corrected chi connectivity index (χ3v) is 3.64. The topological polar surface area (TPSA) is 84.2 Å². The zero-order valence-electron chi connectivity index (χ0n) is 10.2. The van der Waals surface area contributed by atoms with Crippen LogP contribution in [-0.4, -0.2) is 32.9 Å². The average Bonchev–Trinajstić information content (AvgIpc) is 2.68. The van der Waals surface area contributed by atoms with Crippen LogP contribution in [0.1, 0.15) is 24.3 Å². The van der Waals surface area contributed by atoms with E-state index in [4.69, 9.17) is 4.52 Å². The highest BCUT2D eigenvalue weighted by Crippen LogP contribution is 2.02. The van der Waals surface area contributed by atoms with E-state index in [2.05, 4.69) is 15.2 Å². The van der Waals surface area contributed by atoms with Crippen LogP contribution < -0.4 is 10.0 Å². The molecule has 0 bridgehead atoms. The minimum absolute atomic E-state index is 0.141. The van der Waals surface area contributed by atoms with Crippen LogP contribution >= 0.6 is 0 Å². The molecular formula is C10H19N3O3S.